The molecule has 164 valence electrons. The van der Waals surface area contributed by atoms with Crippen LogP contribution in [0, 0.1) is 12.7 Å². The molecule has 0 aliphatic carbocycles. The summed E-state index contributed by atoms with van der Waals surface area (Å²) in [6.45, 7) is 9.44. The molecule has 0 radical (unpaired) electrons. The Labute approximate surface area is 180 Å². The van der Waals surface area contributed by atoms with Crippen LogP contribution in [0.25, 0.3) is 11.1 Å². The highest BCUT2D eigenvalue weighted by Gasteiger charge is 2.32. The number of aryl methyl sites for hydroxylation is 1. The molecule has 4 rings (SSSR count). The summed E-state index contributed by atoms with van der Waals surface area (Å²) in [4.78, 5) is 33.5. The number of benzene rings is 1. The van der Waals surface area contributed by atoms with Crippen LogP contribution in [-0.2, 0) is 4.74 Å². The van der Waals surface area contributed by atoms with Crippen LogP contribution in [0.15, 0.2) is 29.3 Å². The molecule has 8 nitrogen and oxygen atoms in total. The van der Waals surface area contributed by atoms with Crippen LogP contribution in [0.4, 0.5) is 15.0 Å². The van der Waals surface area contributed by atoms with Crippen LogP contribution in [0.5, 0.6) is 0 Å². The molecule has 1 fully saturated rings. The number of carbonyl (C=O) groups excluding carboxylic acids is 2. The maximum atomic E-state index is 13.4. The van der Waals surface area contributed by atoms with Gasteiger partial charge in [-0.3, -0.25) is 4.79 Å². The van der Waals surface area contributed by atoms with Gasteiger partial charge in [-0.1, -0.05) is 12.1 Å². The van der Waals surface area contributed by atoms with Crippen molar-refractivity contribution in [2.75, 3.05) is 26.2 Å². The predicted molar refractivity (Wildman–Crippen MR) is 114 cm³/mol. The van der Waals surface area contributed by atoms with E-state index in [1.54, 1.807) is 17.0 Å². The van der Waals surface area contributed by atoms with E-state index in [4.69, 9.17) is 9.73 Å². The molecule has 0 spiro atoms. The van der Waals surface area contributed by atoms with E-state index in [2.05, 4.69) is 5.10 Å². The molecule has 2 aliphatic rings. The number of carbonyl (C=O) groups is 2. The number of aliphatic imine (C=N–C) groups is 1. The van der Waals surface area contributed by atoms with E-state index >= 15 is 0 Å². The zero-order chi connectivity index (χ0) is 22.3. The van der Waals surface area contributed by atoms with Crippen molar-refractivity contribution < 1.29 is 18.7 Å². The molecule has 1 amide bonds. The van der Waals surface area contributed by atoms with Gasteiger partial charge in [0.25, 0.3) is 5.91 Å². The Kier molecular flexibility index (Phi) is 5.28. The van der Waals surface area contributed by atoms with Gasteiger partial charge in [-0.05, 0) is 45.4 Å². The van der Waals surface area contributed by atoms with Gasteiger partial charge in [0.05, 0.1) is 12.1 Å². The lowest BCUT2D eigenvalue weighted by molar-refractivity contribution is 0.0185. The number of hydrogen-bond donors (Lipinski definition) is 0. The highest BCUT2D eigenvalue weighted by atomic mass is 19.1. The van der Waals surface area contributed by atoms with Gasteiger partial charge in [-0.2, -0.15) is 9.78 Å². The molecule has 0 bridgehead atoms. The largest absolute Gasteiger partial charge is 0.444 e. The van der Waals surface area contributed by atoms with Gasteiger partial charge in [-0.25, -0.2) is 14.2 Å². The first-order valence-electron chi connectivity index (χ1n) is 10.3. The quantitative estimate of drug-likeness (QED) is 0.694. The summed E-state index contributed by atoms with van der Waals surface area (Å²) in [5.74, 6) is 0.631. The Hall–Kier alpha value is -3.23. The lowest BCUT2D eigenvalue weighted by Crippen LogP contribution is -2.52. The molecule has 3 heterocycles. The van der Waals surface area contributed by atoms with Gasteiger partial charge in [0.15, 0.2) is 5.82 Å². The van der Waals surface area contributed by atoms with Crippen molar-refractivity contribution in [2.24, 2.45) is 4.99 Å². The lowest BCUT2D eigenvalue weighted by Gasteiger charge is -2.37. The minimum atomic E-state index is -0.541. The van der Waals surface area contributed by atoms with Gasteiger partial charge in [0, 0.05) is 31.7 Å². The third kappa shape index (κ3) is 4.30. The molecule has 1 saturated heterocycles. The minimum absolute atomic E-state index is 0.142. The average Bonchev–Trinajstić information content (AvgIpc) is 3.04. The molecular formula is C22H26FN5O3. The first-order chi connectivity index (χ1) is 14.6. The highest BCUT2D eigenvalue weighted by molar-refractivity contribution is 6.06. The third-order valence-corrected chi connectivity index (χ3v) is 5.25. The summed E-state index contributed by atoms with van der Waals surface area (Å²) in [5, 5.41) is 4.36. The number of fused-ring (bicyclic) bond motifs is 1. The van der Waals surface area contributed by atoms with Crippen LogP contribution in [0.2, 0.25) is 0 Å². The van der Waals surface area contributed by atoms with Gasteiger partial charge < -0.3 is 14.5 Å². The van der Waals surface area contributed by atoms with E-state index in [9.17, 15) is 14.0 Å². The topological polar surface area (TPSA) is 80.0 Å². The van der Waals surface area contributed by atoms with Crippen molar-refractivity contribution in [1.82, 2.24) is 19.6 Å². The molecular weight excluding hydrogens is 401 g/mol. The summed E-state index contributed by atoms with van der Waals surface area (Å²) in [7, 11) is 0. The number of amides is 1. The van der Waals surface area contributed by atoms with Gasteiger partial charge >= 0.3 is 6.09 Å². The van der Waals surface area contributed by atoms with Crippen molar-refractivity contribution >= 4 is 23.7 Å². The van der Waals surface area contributed by atoms with E-state index in [-0.39, 0.29) is 24.2 Å². The van der Waals surface area contributed by atoms with Crippen LogP contribution in [-0.4, -0.2) is 69.2 Å². The Morgan fingerprint density at radius 1 is 1.10 bits per heavy atom. The Bertz CT molecular complexity index is 1040. The van der Waals surface area contributed by atoms with Crippen molar-refractivity contribution in [2.45, 2.75) is 39.7 Å². The number of amidine groups is 1. The first-order valence-corrected chi connectivity index (χ1v) is 10.3. The van der Waals surface area contributed by atoms with Crippen molar-refractivity contribution in [1.29, 1.82) is 0 Å². The van der Waals surface area contributed by atoms with Gasteiger partial charge in [0.1, 0.15) is 17.3 Å². The third-order valence-electron chi connectivity index (χ3n) is 5.25. The van der Waals surface area contributed by atoms with E-state index in [1.165, 1.54) is 16.8 Å². The molecule has 2 aliphatic heterocycles. The Morgan fingerprint density at radius 3 is 2.35 bits per heavy atom. The molecule has 0 saturated carbocycles. The van der Waals surface area contributed by atoms with Crippen LogP contribution in [0.3, 0.4) is 0 Å². The standard InChI is InChI=1S/C22H26FN5O3/c1-14-19(15-5-7-16(23)8-6-15)20-24-17(13-18(29)28(20)25-14)26-9-11-27(12-10-26)21(30)31-22(2,3)4/h5-8H,9-13H2,1-4H3. The molecule has 0 unspecified atom stereocenters. The maximum absolute atomic E-state index is 13.4. The van der Waals surface area contributed by atoms with Gasteiger partial charge in [-0.15, -0.1) is 0 Å². The van der Waals surface area contributed by atoms with Crippen LogP contribution >= 0.6 is 0 Å². The maximum Gasteiger partial charge on any atom is 0.410 e. The Morgan fingerprint density at radius 2 is 1.74 bits per heavy atom. The SMILES string of the molecule is Cc1nn2c(c1-c1ccc(F)cc1)N=C(N1CCN(C(=O)OC(C)(C)C)CC1)CC2=O. The second-order valence-corrected chi connectivity index (χ2v) is 8.76. The fourth-order valence-corrected chi connectivity index (χ4v) is 3.77. The van der Waals surface area contributed by atoms with Crippen molar-refractivity contribution in [3.8, 4) is 11.1 Å². The van der Waals surface area contributed by atoms with Crippen LogP contribution in [0.1, 0.15) is 37.7 Å². The summed E-state index contributed by atoms with van der Waals surface area (Å²) >= 11 is 0. The van der Waals surface area contributed by atoms with Gasteiger partial charge in [0.2, 0.25) is 0 Å². The number of nitrogens with zero attached hydrogens (tertiary/aromatic N) is 5. The van der Waals surface area contributed by atoms with Crippen LogP contribution < -0.4 is 0 Å². The smallest absolute Gasteiger partial charge is 0.410 e. The number of halogens is 1. The highest BCUT2D eigenvalue weighted by Crippen LogP contribution is 2.36. The molecule has 1 aromatic heterocycles. The molecule has 31 heavy (non-hydrogen) atoms. The number of piperazine rings is 1. The number of rotatable bonds is 1. The predicted octanol–water partition coefficient (Wildman–Crippen LogP) is 3.62. The summed E-state index contributed by atoms with van der Waals surface area (Å²) < 4.78 is 20.1. The van der Waals surface area contributed by atoms with E-state index in [1.807, 2.05) is 32.6 Å². The summed E-state index contributed by atoms with van der Waals surface area (Å²) in [6, 6.07) is 6.08. The number of ether oxygens (including phenoxy) is 1. The molecule has 0 atom stereocenters. The van der Waals surface area contributed by atoms with E-state index < -0.39 is 5.60 Å². The summed E-state index contributed by atoms with van der Waals surface area (Å²) in [6.07, 6.45) is -0.190. The summed E-state index contributed by atoms with van der Waals surface area (Å²) in [5.41, 5.74) is 1.60. The average molecular weight is 427 g/mol. The monoisotopic (exact) mass is 427 g/mol. The van der Waals surface area contributed by atoms with Crippen molar-refractivity contribution in [3.05, 3.63) is 35.8 Å². The zero-order valence-electron chi connectivity index (χ0n) is 18.2. The molecule has 9 heteroatoms. The van der Waals surface area contributed by atoms with Crippen molar-refractivity contribution in [3.63, 3.8) is 0 Å². The molecule has 0 N–H and O–H groups in total. The minimum Gasteiger partial charge on any atom is -0.444 e. The normalized spacial score (nSPS) is 16.8. The second-order valence-electron chi connectivity index (χ2n) is 8.76. The fourth-order valence-electron chi connectivity index (χ4n) is 3.77. The zero-order valence-corrected chi connectivity index (χ0v) is 18.2. The number of hydrogen-bond acceptors (Lipinski definition) is 6. The van der Waals surface area contributed by atoms with E-state index in [0.29, 0.717) is 43.5 Å². The number of aromatic nitrogens is 2. The fraction of sp³-hybridized carbons (Fsp3) is 0.455. The molecule has 1 aromatic carbocycles. The molecule has 2 aromatic rings. The Balaban J connectivity index is 1.56. The lowest BCUT2D eigenvalue weighted by atomic mass is 10.1. The van der Waals surface area contributed by atoms with E-state index in [0.717, 1.165) is 11.1 Å². The second kappa shape index (κ2) is 7.79. The first kappa shape index (κ1) is 21.0.